The molecule has 7 heteroatoms. The van der Waals surface area contributed by atoms with Gasteiger partial charge in [-0.05, 0) is 32.9 Å². The van der Waals surface area contributed by atoms with Gasteiger partial charge in [0.15, 0.2) is 11.6 Å². The van der Waals surface area contributed by atoms with Crippen molar-refractivity contribution in [3.05, 3.63) is 29.3 Å². The SMILES string of the molecule is CC(C)(C)OC(=O)NCC#Cc1ccc(F)c(F)c1OCCO. The smallest absolute Gasteiger partial charge is 0.408 e. The van der Waals surface area contributed by atoms with Crippen molar-refractivity contribution in [1.29, 1.82) is 0 Å². The number of carbonyl (C=O) groups is 1. The normalized spacial score (nSPS) is 10.5. The van der Waals surface area contributed by atoms with Gasteiger partial charge in [-0.2, -0.15) is 4.39 Å². The van der Waals surface area contributed by atoms with E-state index in [1.165, 1.54) is 6.07 Å². The van der Waals surface area contributed by atoms with Crippen LogP contribution in [0.15, 0.2) is 12.1 Å². The van der Waals surface area contributed by atoms with Gasteiger partial charge in [0.25, 0.3) is 0 Å². The molecule has 2 N–H and O–H groups in total. The van der Waals surface area contributed by atoms with Crippen molar-refractivity contribution in [3.8, 4) is 17.6 Å². The van der Waals surface area contributed by atoms with Crippen LogP contribution in [0, 0.1) is 23.5 Å². The predicted octanol–water partition coefficient (Wildman–Crippen LogP) is 2.21. The van der Waals surface area contributed by atoms with Gasteiger partial charge in [-0.1, -0.05) is 11.8 Å². The molecule has 0 heterocycles. The highest BCUT2D eigenvalue weighted by Gasteiger charge is 2.15. The molecule has 0 radical (unpaired) electrons. The first-order chi connectivity index (χ1) is 10.7. The van der Waals surface area contributed by atoms with Gasteiger partial charge in [-0.25, -0.2) is 9.18 Å². The van der Waals surface area contributed by atoms with E-state index >= 15 is 0 Å². The molecule has 0 fully saturated rings. The van der Waals surface area contributed by atoms with Gasteiger partial charge in [-0.3, -0.25) is 0 Å². The van der Waals surface area contributed by atoms with Crippen LogP contribution in [0.2, 0.25) is 0 Å². The third kappa shape index (κ3) is 6.53. The predicted molar refractivity (Wildman–Crippen MR) is 80.1 cm³/mol. The number of ether oxygens (including phenoxy) is 2. The summed E-state index contributed by atoms with van der Waals surface area (Å²) in [5, 5.41) is 11.1. The lowest BCUT2D eigenvalue weighted by molar-refractivity contribution is 0.0535. The summed E-state index contributed by atoms with van der Waals surface area (Å²) in [5.74, 6) is 2.54. The van der Waals surface area contributed by atoms with E-state index in [4.69, 9.17) is 14.6 Å². The Morgan fingerprint density at radius 2 is 2.04 bits per heavy atom. The Bertz CT molecular complexity index is 615. The van der Waals surface area contributed by atoms with Crippen LogP contribution in [-0.4, -0.2) is 36.6 Å². The average Bonchev–Trinajstić information content (AvgIpc) is 2.44. The van der Waals surface area contributed by atoms with Crippen molar-refractivity contribution in [2.24, 2.45) is 0 Å². The van der Waals surface area contributed by atoms with Crippen molar-refractivity contribution >= 4 is 6.09 Å². The number of hydrogen-bond donors (Lipinski definition) is 2. The number of nitrogens with one attached hydrogen (secondary N) is 1. The lowest BCUT2D eigenvalue weighted by Crippen LogP contribution is -2.32. The number of aliphatic hydroxyl groups is 1. The van der Waals surface area contributed by atoms with Crippen molar-refractivity contribution < 1.29 is 28.2 Å². The van der Waals surface area contributed by atoms with E-state index in [1.807, 2.05) is 0 Å². The fraction of sp³-hybridized carbons (Fsp3) is 0.438. The van der Waals surface area contributed by atoms with E-state index in [0.717, 1.165) is 6.07 Å². The number of amides is 1. The van der Waals surface area contributed by atoms with Gasteiger partial charge >= 0.3 is 6.09 Å². The van der Waals surface area contributed by atoms with Crippen LogP contribution in [0.4, 0.5) is 13.6 Å². The van der Waals surface area contributed by atoms with Gasteiger partial charge in [-0.15, -0.1) is 0 Å². The number of carbonyl (C=O) groups excluding carboxylic acids is 1. The van der Waals surface area contributed by atoms with Crippen molar-refractivity contribution in [2.75, 3.05) is 19.8 Å². The Balaban J connectivity index is 2.74. The summed E-state index contributed by atoms with van der Waals surface area (Å²) in [6.07, 6.45) is -0.631. The molecule has 1 rings (SSSR count). The van der Waals surface area contributed by atoms with E-state index in [9.17, 15) is 13.6 Å². The highest BCUT2D eigenvalue weighted by molar-refractivity contribution is 5.68. The molecule has 0 aromatic heterocycles. The zero-order chi connectivity index (χ0) is 17.5. The van der Waals surface area contributed by atoms with Gasteiger partial charge < -0.3 is 19.9 Å². The summed E-state index contributed by atoms with van der Waals surface area (Å²) in [5.41, 5.74) is -0.508. The molecule has 0 bridgehead atoms. The summed E-state index contributed by atoms with van der Waals surface area (Å²) >= 11 is 0. The molecule has 1 amide bonds. The molecule has 0 spiro atoms. The van der Waals surface area contributed by atoms with Gasteiger partial charge in [0.2, 0.25) is 5.82 Å². The van der Waals surface area contributed by atoms with Crippen LogP contribution >= 0.6 is 0 Å². The summed E-state index contributed by atoms with van der Waals surface area (Å²) < 4.78 is 36.9. The molecular formula is C16H19F2NO4. The summed E-state index contributed by atoms with van der Waals surface area (Å²) in [4.78, 5) is 11.4. The summed E-state index contributed by atoms with van der Waals surface area (Å²) in [6, 6.07) is 2.18. The number of alkyl carbamates (subject to hydrolysis) is 1. The quantitative estimate of drug-likeness (QED) is 0.832. The first kappa shape index (κ1) is 18.7. The third-order valence-electron chi connectivity index (χ3n) is 2.33. The maximum atomic E-state index is 13.7. The number of rotatable bonds is 4. The van der Waals surface area contributed by atoms with Crippen LogP contribution < -0.4 is 10.1 Å². The van der Waals surface area contributed by atoms with Crippen LogP contribution in [0.5, 0.6) is 5.75 Å². The maximum Gasteiger partial charge on any atom is 0.408 e. The summed E-state index contributed by atoms with van der Waals surface area (Å²) in [7, 11) is 0. The minimum atomic E-state index is -1.18. The van der Waals surface area contributed by atoms with Crippen molar-refractivity contribution in [1.82, 2.24) is 5.32 Å². The molecular weight excluding hydrogens is 308 g/mol. The lowest BCUT2D eigenvalue weighted by atomic mass is 10.2. The molecule has 0 saturated carbocycles. The molecule has 0 aliphatic carbocycles. The zero-order valence-electron chi connectivity index (χ0n) is 13.2. The van der Waals surface area contributed by atoms with E-state index in [2.05, 4.69) is 17.2 Å². The highest BCUT2D eigenvalue weighted by Crippen LogP contribution is 2.24. The average molecular weight is 327 g/mol. The second-order valence-corrected chi connectivity index (χ2v) is 5.47. The molecule has 0 atom stereocenters. The fourth-order valence-corrected chi connectivity index (χ4v) is 1.49. The molecule has 0 aliphatic rings. The molecule has 1 aromatic carbocycles. The van der Waals surface area contributed by atoms with E-state index in [-0.39, 0.29) is 31.1 Å². The highest BCUT2D eigenvalue weighted by atomic mass is 19.2. The maximum absolute atomic E-state index is 13.7. The second kappa shape index (κ2) is 8.34. The Morgan fingerprint density at radius 1 is 1.35 bits per heavy atom. The molecule has 126 valence electrons. The van der Waals surface area contributed by atoms with Gasteiger partial charge in [0.1, 0.15) is 12.2 Å². The monoisotopic (exact) mass is 327 g/mol. The minimum Gasteiger partial charge on any atom is -0.487 e. The lowest BCUT2D eigenvalue weighted by Gasteiger charge is -2.19. The molecule has 23 heavy (non-hydrogen) atoms. The minimum absolute atomic E-state index is 0.0344. The number of hydrogen-bond acceptors (Lipinski definition) is 4. The van der Waals surface area contributed by atoms with Crippen molar-refractivity contribution in [3.63, 3.8) is 0 Å². The molecule has 0 aliphatic heterocycles. The van der Waals surface area contributed by atoms with E-state index in [1.54, 1.807) is 20.8 Å². The van der Waals surface area contributed by atoms with Crippen LogP contribution in [-0.2, 0) is 4.74 Å². The first-order valence-corrected chi connectivity index (χ1v) is 6.92. The molecule has 1 aromatic rings. The third-order valence-corrected chi connectivity index (χ3v) is 2.33. The van der Waals surface area contributed by atoms with Crippen LogP contribution in [0.1, 0.15) is 26.3 Å². The fourth-order valence-electron chi connectivity index (χ4n) is 1.49. The Morgan fingerprint density at radius 3 is 2.65 bits per heavy atom. The van der Waals surface area contributed by atoms with E-state index in [0.29, 0.717) is 0 Å². The van der Waals surface area contributed by atoms with Gasteiger partial charge in [0, 0.05) is 0 Å². The largest absolute Gasteiger partial charge is 0.487 e. The van der Waals surface area contributed by atoms with E-state index < -0.39 is 23.3 Å². The van der Waals surface area contributed by atoms with Crippen LogP contribution in [0.25, 0.3) is 0 Å². The number of aliphatic hydroxyl groups excluding tert-OH is 1. The Kier molecular flexibility index (Phi) is 6.79. The second-order valence-electron chi connectivity index (χ2n) is 5.47. The van der Waals surface area contributed by atoms with Crippen molar-refractivity contribution in [2.45, 2.75) is 26.4 Å². The molecule has 0 saturated heterocycles. The molecule has 0 unspecified atom stereocenters. The standard InChI is InChI=1S/C16H19F2NO4/c1-16(2,3)23-15(21)19-8-4-5-11-6-7-12(17)13(18)14(11)22-10-9-20/h6-7,20H,8-10H2,1-3H3,(H,19,21). The van der Waals surface area contributed by atoms with Gasteiger partial charge in [0.05, 0.1) is 18.7 Å². The number of halogens is 2. The molecule has 5 nitrogen and oxygen atoms in total. The zero-order valence-corrected chi connectivity index (χ0v) is 13.2. The Hall–Kier alpha value is -2.33. The Labute approximate surface area is 133 Å². The number of benzene rings is 1. The first-order valence-electron chi connectivity index (χ1n) is 6.92. The van der Waals surface area contributed by atoms with Crippen LogP contribution in [0.3, 0.4) is 0 Å². The summed E-state index contributed by atoms with van der Waals surface area (Å²) in [6.45, 7) is 4.61. The topological polar surface area (TPSA) is 67.8 Å².